The third kappa shape index (κ3) is 3.57. The maximum absolute atomic E-state index is 12.4. The zero-order valence-corrected chi connectivity index (χ0v) is 16.7. The molecule has 0 fully saturated rings. The van der Waals surface area contributed by atoms with Crippen LogP contribution in [0.15, 0.2) is 71.9 Å². The molecule has 0 saturated carbocycles. The summed E-state index contributed by atoms with van der Waals surface area (Å²) in [5.74, 6) is 0.640. The first-order chi connectivity index (χ1) is 14.3. The Hall–Kier alpha value is -3.30. The highest BCUT2D eigenvalue weighted by Gasteiger charge is 2.13. The van der Waals surface area contributed by atoms with Crippen molar-refractivity contribution in [3.8, 4) is 11.4 Å². The summed E-state index contributed by atoms with van der Waals surface area (Å²) in [6.45, 7) is 0. The molecule has 0 radical (unpaired) electrons. The number of fused-ring (bicyclic) bond motifs is 3. The molecule has 29 heavy (non-hydrogen) atoms. The van der Waals surface area contributed by atoms with Crippen molar-refractivity contribution in [3.63, 3.8) is 0 Å². The standard InChI is InChI=1S/C20H14N6OS2/c27-17(21-19-22-18(25-29-19)14-7-2-1-3-8-14)12-28-20-24-23-16-11-10-13-6-4-5-9-15(13)26(16)20/h1-11H,12H2,(H,21,22,25,27). The monoisotopic (exact) mass is 418 g/mol. The topological polar surface area (TPSA) is 85.1 Å². The fourth-order valence-corrected chi connectivity index (χ4v) is 4.33. The maximum Gasteiger partial charge on any atom is 0.236 e. The molecule has 5 rings (SSSR count). The number of hydrogen-bond acceptors (Lipinski definition) is 7. The summed E-state index contributed by atoms with van der Waals surface area (Å²) < 4.78 is 6.27. The number of thioether (sulfide) groups is 1. The second-order valence-corrected chi connectivity index (χ2v) is 7.89. The van der Waals surface area contributed by atoms with Crippen LogP contribution in [0.25, 0.3) is 27.9 Å². The molecule has 7 nitrogen and oxygen atoms in total. The number of carbonyl (C=O) groups is 1. The van der Waals surface area contributed by atoms with Crippen LogP contribution in [0.1, 0.15) is 0 Å². The zero-order valence-electron chi connectivity index (χ0n) is 15.0. The molecule has 0 aliphatic carbocycles. The highest BCUT2D eigenvalue weighted by Crippen LogP contribution is 2.24. The number of benzene rings is 2. The number of anilines is 1. The van der Waals surface area contributed by atoms with E-state index in [0.717, 1.165) is 33.6 Å². The number of carbonyl (C=O) groups excluding carboxylic acids is 1. The van der Waals surface area contributed by atoms with Gasteiger partial charge in [0.1, 0.15) is 0 Å². The van der Waals surface area contributed by atoms with Crippen molar-refractivity contribution >= 4 is 50.9 Å². The molecule has 0 unspecified atom stereocenters. The normalized spacial score (nSPS) is 11.2. The van der Waals surface area contributed by atoms with Gasteiger partial charge in [-0.2, -0.15) is 9.36 Å². The predicted octanol–water partition coefficient (Wildman–Crippen LogP) is 4.13. The fraction of sp³-hybridized carbons (Fsp3) is 0.0500. The Labute approximate surface area is 174 Å². The maximum atomic E-state index is 12.4. The number of amides is 1. The van der Waals surface area contributed by atoms with E-state index in [4.69, 9.17) is 0 Å². The van der Waals surface area contributed by atoms with Gasteiger partial charge in [0.25, 0.3) is 0 Å². The molecule has 1 amide bonds. The van der Waals surface area contributed by atoms with E-state index >= 15 is 0 Å². The van der Waals surface area contributed by atoms with Crippen LogP contribution >= 0.6 is 23.3 Å². The van der Waals surface area contributed by atoms with E-state index in [1.807, 2.05) is 71.1 Å². The van der Waals surface area contributed by atoms with Crippen molar-refractivity contribution < 1.29 is 4.79 Å². The van der Waals surface area contributed by atoms with Crippen LogP contribution in [0.3, 0.4) is 0 Å². The Bertz CT molecular complexity index is 1310. The van der Waals surface area contributed by atoms with E-state index in [-0.39, 0.29) is 11.7 Å². The van der Waals surface area contributed by atoms with Gasteiger partial charge in [0.15, 0.2) is 16.6 Å². The van der Waals surface area contributed by atoms with Crippen molar-refractivity contribution in [3.05, 3.63) is 66.7 Å². The van der Waals surface area contributed by atoms with E-state index in [1.54, 1.807) is 0 Å². The number of rotatable bonds is 5. The molecular weight excluding hydrogens is 404 g/mol. The van der Waals surface area contributed by atoms with Gasteiger partial charge in [-0.3, -0.25) is 14.5 Å². The minimum atomic E-state index is -0.164. The molecule has 2 aromatic carbocycles. The summed E-state index contributed by atoms with van der Waals surface area (Å²) in [6, 6.07) is 21.6. The largest absolute Gasteiger partial charge is 0.300 e. The second-order valence-electron chi connectivity index (χ2n) is 6.19. The first kappa shape index (κ1) is 17.8. The van der Waals surface area contributed by atoms with Crippen LogP contribution in [0.2, 0.25) is 0 Å². The highest BCUT2D eigenvalue weighted by atomic mass is 32.2. The fourth-order valence-electron chi connectivity index (χ4n) is 2.97. The van der Waals surface area contributed by atoms with Crippen LogP contribution in [-0.4, -0.2) is 35.6 Å². The van der Waals surface area contributed by atoms with Gasteiger partial charge in [0.05, 0.1) is 11.3 Å². The molecular formula is C20H14N6OS2. The van der Waals surface area contributed by atoms with Crippen molar-refractivity contribution in [2.24, 2.45) is 0 Å². The quantitative estimate of drug-likeness (QED) is 0.432. The van der Waals surface area contributed by atoms with E-state index in [0.29, 0.717) is 16.1 Å². The van der Waals surface area contributed by atoms with Gasteiger partial charge in [0.2, 0.25) is 11.0 Å². The molecule has 3 heterocycles. The molecule has 0 bridgehead atoms. The smallest absolute Gasteiger partial charge is 0.236 e. The lowest BCUT2D eigenvalue weighted by Gasteiger charge is -2.04. The number of pyridine rings is 1. The SMILES string of the molecule is O=C(CSc1nnc2ccc3ccccc3n12)Nc1nc(-c2ccccc2)ns1. The van der Waals surface area contributed by atoms with Gasteiger partial charge < -0.3 is 0 Å². The van der Waals surface area contributed by atoms with Gasteiger partial charge in [-0.05, 0) is 23.6 Å². The molecule has 5 aromatic rings. The highest BCUT2D eigenvalue weighted by molar-refractivity contribution is 7.99. The Kier molecular flexibility index (Phi) is 4.66. The summed E-state index contributed by atoms with van der Waals surface area (Å²) >= 11 is 2.50. The zero-order chi connectivity index (χ0) is 19.6. The molecule has 0 aliphatic rings. The summed E-state index contributed by atoms with van der Waals surface area (Å²) in [6.07, 6.45) is 0. The van der Waals surface area contributed by atoms with Crippen LogP contribution in [0.4, 0.5) is 5.13 Å². The van der Waals surface area contributed by atoms with E-state index < -0.39 is 0 Å². The molecule has 142 valence electrons. The summed E-state index contributed by atoms with van der Waals surface area (Å²) in [4.78, 5) is 16.8. The summed E-state index contributed by atoms with van der Waals surface area (Å²) in [5, 5.41) is 13.5. The second kappa shape index (κ2) is 7.61. The third-order valence-electron chi connectivity index (χ3n) is 4.28. The average Bonchev–Trinajstić information content (AvgIpc) is 3.40. The first-order valence-corrected chi connectivity index (χ1v) is 10.6. The van der Waals surface area contributed by atoms with Crippen LogP contribution < -0.4 is 5.32 Å². The van der Waals surface area contributed by atoms with Gasteiger partial charge in [0, 0.05) is 17.1 Å². The lowest BCUT2D eigenvalue weighted by molar-refractivity contribution is -0.113. The van der Waals surface area contributed by atoms with Gasteiger partial charge in [-0.1, -0.05) is 60.3 Å². The average molecular weight is 419 g/mol. The molecule has 0 aliphatic heterocycles. The lowest BCUT2D eigenvalue weighted by atomic mass is 10.2. The number of aromatic nitrogens is 5. The Morgan fingerprint density at radius 3 is 2.72 bits per heavy atom. The molecule has 1 N–H and O–H groups in total. The van der Waals surface area contributed by atoms with Crippen molar-refractivity contribution in [1.82, 2.24) is 24.0 Å². The third-order valence-corrected chi connectivity index (χ3v) is 5.84. The molecule has 3 aromatic heterocycles. The van der Waals surface area contributed by atoms with Crippen LogP contribution in [0, 0.1) is 0 Å². The molecule has 0 saturated heterocycles. The Morgan fingerprint density at radius 2 is 1.83 bits per heavy atom. The molecule has 0 atom stereocenters. The van der Waals surface area contributed by atoms with Gasteiger partial charge >= 0.3 is 0 Å². The number of hydrogen-bond donors (Lipinski definition) is 1. The van der Waals surface area contributed by atoms with Crippen molar-refractivity contribution in [1.29, 1.82) is 0 Å². The van der Waals surface area contributed by atoms with Gasteiger partial charge in [-0.15, -0.1) is 10.2 Å². The van der Waals surface area contributed by atoms with E-state index in [2.05, 4.69) is 24.9 Å². The summed E-state index contributed by atoms with van der Waals surface area (Å²) in [7, 11) is 0. The molecule has 9 heteroatoms. The van der Waals surface area contributed by atoms with Crippen molar-refractivity contribution in [2.45, 2.75) is 5.16 Å². The lowest BCUT2D eigenvalue weighted by Crippen LogP contribution is -2.14. The minimum absolute atomic E-state index is 0.164. The van der Waals surface area contributed by atoms with Crippen LogP contribution in [-0.2, 0) is 4.79 Å². The number of nitrogens with one attached hydrogen (secondary N) is 1. The number of nitrogens with zero attached hydrogens (tertiary/aromatic N) is 5. The first-order valence-electron chi connectivity index (χ1n) is 8.82. The van der Waals surface area contributed by atoms with E-state index in [1.165, 1.54) is 11.8 Å². The van der Waals surface area contributed by atoms with Crippen molar-refractivity contribution in [2.75, 3.05) is 11.1 Å². The summed E-state index contributed by atoms with van der Waals surface area (Å²) in [5.41, 5.74) is 2.68. The van der Waals surface area contributed by atoms with Crippen LogP contribution in [0.5, 0.6) is 0 Å². The Balaban J connectivity index is 1.30. The number of para-hydroxylation sites is 1. The van der Waals surface area contributed by atoms with E-state index in [9.17, 15) is 4.79 Å². The minimum Gasteiger partial charge on any atom is -0.300 e. The van der Waals surface area contributed by atoms with Gasteiger partial charge in [-0.25, -0.2) is 0 Å². The predicted molar refractivity (Wildman–Crippen MR) is 115 cm³/mol. The molecule has 0 spiro atoms. The Morgan fingerprint density at radius 1 is 1.00 bits per heavy atom.